The van der Waals surface area contributed by atoms with E-state index in [1.54, 1.807) is 19.1 Å². The monoisotopic (exact) mass is 366 g/mol. The van der Waals surface area contributed by atoms with Crippen LogP contribution in [0.3, 0.4) is 0 Å². The van der Waals surface area contributed by atoms with Crippen LogP contribution in [-0.4, -0.2) is 23.5 Å². The van der Waals surface area contributed by atoms with E-state index in [9.17, 15) is 19.7 Å². The van der Waals surface area contributed by atoms with Gasteiger partial charge in [0.1, 0.15) is 5.75 Å². The molecule has 2 rings (SSSR count). The Labute approximate surface area is 154 Å². The summed E-state index contributed by atoms with van der Waals surface area (Å²) in [6.45, 7) is 8.85. The van der Waals surface area contributed by atoms with Crippen LogP contribution in [0.25, 0.3) is 10.9 Å². The van der Waals surface area contributed by atoms with Gasteiger partial charge in [0.25, 0.3) is 11.4 Å². The molecule has 0 aromatic heterocycles. The molecule has 0 unspecified atom stereocenters. The molecule has 0 spiro atoms. The standard InChI is InChI=1S/C19H14N2O6/c1-3-26-19(23)17(20-2)12-13-4-10-16(11-5-13)27-18(22)14-6-8-15(9-7-14)21(24)25/h4-12H,3H2,1H3. The van der Waals surface area contributed by atoms with Crippen LogP contribution in [0.5, 0.6) is 5.75 Å². The summed E-state index contributed by atoms with van der Waals surface area (Å²) in [5, 5.41) is 10.6. The van der Waals surface area contributed by atoms with Crippen LogP contribution in [0.1, 0.15) is 22.8 Å². The van der Waals surface area contributed by atoms with E-state index in [0.717, 1.165) is 0 Å². The first-order valence-corrected chi connectivity index (χ1v) is 7.77. The number of nitro benzene ring substituents is 1. The smallest absolute Gasteiger partial charge is 0.343 e. The van der Waals surface area contributed by atoms with Gasteiger partial charge in [0.2, 0.25) is 0 Å². The Hall–Kier alpha value is -3.99. The van der Waals surface area contributed by atoms with Crippen LogP contribution < -0.4 is 4.74 Å². The number of benzene rings is 2. The highest BCUT2D eigenvalue weighted by atomic mass is 16.6. The molecular formula is C19H14N2O6. The van der Waals surface area contributed by atoms with E-state index in [1.807, 2.05) is 0 Å². The molecule has 8 nitrogen and oxygen atoms in total. The third-order valence-electron chi connectivity index (χ3n) is 3.31. The Morgan fingerprint density at radius 3 is 2.30 bits per heavy atom. The van der Waals surface area contributed by atoms with Gasteiger partial charge in [-0.15, -0.1) is 0 Å². The minimum atomic E-state index is -0.707. The van der Waals surface area contributed by atoms with Crippen molar-refractivity contribution in [1.29, 1.82) is 0 Å². The maximum atomic E-state index is 12.1. The van der Waals surface area contributed by atoms with Crippen molar-refractivity contribution in [2.45, 2.75) is 6.92 Å². The lowest BCUT2D eigenvalue weighted by Gasteiger charge is -2.05. The summed E-state index contributed by atoms with van der Waals surface area (Å²) in [6.07, 6.45) is 1.37. The number of carbonyl (C=O) groups excluding carboxylic acids is 2. The third-order valence-corrected chi connectivity index (χ3v) is 3.31. The molecule has 136 valence electrons. The van der Waals surface area contributed by atoms with Gasteiger partial charge in [0, 0.05) is 12.1 Å². The predicted octanol–water partition coefficient (Wildman–Crippen LogP) is 3.64. The van der Waals surface area contributed by atoms with Gasteiger partial charge < -0.3 is 9.47 Å². The molecule has 0 bridgehead atoms. The van der Waals surface area contributed by atoms with Crippen molar-refractivity contribution >= 4 is 23.7 Å². The fourth-order valence-electron chi connectivity index (χ4n) is 2.02. The van der Waals surface area contributed by atoms with Crippen molar-refractivity contribution < 1.29 is 24.0 Å². The molecule has 0 aliphatic carbocycles. The average molecular weight is 366 g/mol. The normalized spacial score (nSPS) is 10.6. The van der Waals surface area contributed by atoms with Crippen LogP contribution in [0.4, 0.5) is 5.69 Å². The topological polar surface area (TPSA) is 100 Å². The summed E-state index contributed by atoms with van der Waals surface area (Å²) in [4.78, 5) is 36.9. The molecule has 0 saturated carbocycles. The van der Waals surface area contributed by atoms with Crippen molar-refractivity contribution in [3.05, 3.63) is 86.9 Å². The van der Waals surface area contributed by atoms with Crippen LogP contribution in [-0.2, 0) is 9.53 Å². The molecule has 0 N–H and O–H groups in total. The van der Waals surface area contributed by atoms with Gasteiger partial charge >= 0.3 is 11.9 Å². The van der Waals surface area contributed by atoms with E-state index in [4.69, 9.17) is 16.0 Å². The van der Waals surface area contributed by atoms with E-state index < -0.39 is 16.9 Å². The lowest BCUT2D eigenvalue weighted by Crippen LogP contribution is -2.08. The number of ether oxygens (including phenoxy) is 2. The average Bonchev–Trinajstić information content (AvgIpc) is 2.67. The van der Waals surface area contributed by atoms with Gasteiger partial charge in [-0.1, -0.05) is 12.1 Å². The minimum absolute atomic E-state index is 0.125. The maximum Gasteiger partial charge on any atom is 0.343 e. The molecule has 2 aromatic carbocycles. The molecular weight excluding hydrogens is 352 g/mol. The maximum absolute atomic E-state index is 12.1. The fraction of sp³-hybridized carbons (Fsp3) is 0.105. The zero-order chi connectivity index (χ0) is 19.8. The number of carbonyl (C=O) groups is 2. The quantitative estimate of drug-likeness (QED) is 0.193. The van der Waals surface area contributed by atoms with Crippen molar-refractivity contribution in [3.63, 3.8) is 0 Å². The predicted molar refractivity (Wildman–Crippen MR) is 95.7 cm³/mol. The van der Waals surface area contributed by atoms with Crippen molar-refractivity contribution in [1.82, 2.24) is 0 Å². The number of rotatable bonds is 6. The summed E-state index contributed by atoms with van der Waals surface area (Å²) in [6, 6.07) is 11.2. The Bertz CT molecular complexity index is 924. The van der Waals surface area contributed by atoms with E-state index in [0.29, 0.717) is 5.56 Å². The molecule has 0 atom stereocenters. The second-order valence-electron chi connectivity index (χ2n) is 5.12. The Balaban J connectivity index is 2.09. The van der Waals surface area contributed by atoms with E-state index >= 15 is 0 Å². The van der Waals surface area contributed by atoms with Crippen LogP contribution in [0.15, 0.2) is 54.2 Å². The fourth-order valence-corrected chi connectivity index (χ4v) is 2.02. The van der Waals surface area contributed by atoms with Crippen molar-refractivity contribution in [2.24, 2.45) is 0 Å². The molecule has 8 heteroatoms. The largest absolute Gasteiger partial charge is 0.471 e. The first-order chi connectivity index (χ1) is 12.9. The molecule has 0 radical (unpaired) electrons. The van der Waals surface area contributed by atoms with Crippen LogP contribution >= 0.6 is 0 Å². The number of hydrogen-bond acceptors (Lipinski definition) is 6. The zero-order valence-electron chi connectivity index (χ0n) is 14.2. The highest BCUT2D eigenvalue weighted by molar-refractivity contribution is 5.95. The summed E-state index contributed by atoms with van der Waals surface area (Å²) >= 11 is 0. The van der Waals surface area contributed by atoms with Gasteiger partial charge in [-0.3, -0.25) is 14.9 Å². The lowest BCUT2D eigenvalue weighted by atomic mass is 10.2. The summed E-state index contributed by atoms with van der Waals surface area (Å²) < 4.78 is 9.97. The van der Waals surface area contributed by atoms with Gasteiger partial charge in [-0.05, 0) is 42.8 Å². The molecule has 0 aliphatic heterocycles. The van der Waals surface area contributed by atoms with Gasteiger partial charge in [-0.25, -0.2) is 9.64 Å². The molecule has 27 heavy (non-hydrogen) atoms. The number of hydrogen-bond donors (Lipinski definition) is 0. The molecule has 2 aromatic rings. The minimum Gasteiger partial charge on any atom is -0.471 e. The van der Waals surface area contributed by atoms with E-state index in [1.165, 1.54) is 42.5 Å². The van der Waals surface area contributed by atoms with E-state index in [-0.39, 0.29) is 29.3 Å². The first kappa shape index (κ1) is 19.3. The second-order valence-corrected chi connectivity index (χ2v) is 5.12. The Morgan fingerprint density at radius 2 is 1.78 bits per heavy atom. The van der Waals surface area contributed by atoms with Crippen molar-refractivity contribution in [3.8, 4) is 5.75 Å². The summed E-state index contributed by atoms with van der Waals surface area (Å²) in [7, 11) is 0. The van der Waals surface area contributed by atoms with Crippen molar-refractivity contribution in [2.75, 3.05) is 6.61 Å². The highest BCUT2D eigenvalue weighted by Crippen LogP contribution is 2.18. The molecule has 0 heterocycles. The summed E-state index contributed by atoms with van der Waals surface area (Å²) in [5.41, 5.74) is 0.443. The number of nitrogens with zero attached hydrogens (tertiary/aromatic N) is 2. The Morgan fingerprint density at radius 1 is 1.15 bits per heavy atom. The van der Waals surface area contributed by atoms with Gasteiger partial charge in [0.05, 0.1) is 23.7 Å². The number of non-ortho nitro benzene ring substituents is 1. The van der Waals surface area contributed by atoms with Crippen LogP contribution in [0.2, 0.25) is 0 Å². The zero-order valence-corrected chi connectivity index (χ0v) is 14.2. The van der Waals surface area contributed by atoms with Crippen LogP contribution in [0, 0.1) is 16.7 Å². The lowest BCUT2D eigenvalue weighted by molar-refractivity contribution is -0.384. The second kappa shape index (κ2) is 8.92. The van der Waals surface area contributed by atoms with Gasteiger partial charge in [0.15, 0.2) is 0 Å². The molecule has 0 aliphatic rings. The highest BCUT2D eigenvalue weighted by Gasteiger charge is 2.12. The number of nitro groups is 1. The summed E-state index contributed by atoms with van der Waals surface area (Å²) in [5.74, 6) is -1.13. The Kier molecular flexibility index (Phi) is 6.39. The molecule has 0 fully saturated rings. The number of esters is 2. The molecule has 0 amide bonds. The first-order valence-electron chi connectivity index (χ1n) is 7.77. The third kappa shape index (κ3) is 5.24. The van der Waals surface area contributed by atoms with E-state index in [2.05, 4.69) is 4.85 Å². The van der Waals surface area contributed by atoms with Gasteiger partial charge in [-0.2, -0.15) is 0 Å². The SMILES string of the molecule is [C-]#[N+]C(=Cc1ccc(OC(=O)c2ccc([N+](=O)[O-])cc2)cc1)C(=O)OCC. The molecule has 0 saturated heterocycles.